The molecule has 14 nitrogen and oxygen atoms in total. The Kier molecular flexibility index (Phi) is 7.71. The van der Waals surface area contributed by atoms with Crippen molar-refractivity contribution >= 4 is 11.0 Å². The van der Waals surface area contributed by atoms with Gasteiger partial charge in [0.05, 0.1) is 19.8 Å². The van der Waals surface area contributed by atoms with Crippen LogP contribution in [0.3, 0.4) is 0 Å². The van der Waals surface area contributed by atoms with Gasteiger partial charge in [0.1, 0.15) is 64.0 Å². The van der Waals surface area contributed by atoms with Gasteiger partial charge in [-0.25, -0.2) is 0 Å². The number of fused-ring (bicyclic) bond motifs is 1. The molecule has 216 valence electrons. The van der Waals surface area contributed by atoms with Crippen LogP contribution >= 0.6 is 0 Å². The van der Waals surface area contributed by atoms with Gasteiger partial charge in [0.2, 0.25) is 6.29 Å². The Balaban J connectivity index is 1.47. The summed E-state index contributed by atoms with van der Waals surface area (Å²) >= 11 is 0. The van der Waals surface area contributed by atoms with Gasteiger partial charge in [-0.15, -0.1) is 0 Å². The number of ether oxygens (including phenoxy) is 4. The smallest absolute Gasteiger partial charge is 0.229 e. The fourth-order valence-electron chi connectivity index (χ4n) is 4.57. The van der Waals surface area contributed by atoms with E-state index in [0.717, 1.165) is 6.07 Å². The minimum atomic E-state index is -2.04. The number of aliphatic hydroxyl groups is 6. The van der Waals surface area contributed by atoms with Crippen molar-refractivity contribution < 1.29 is 64.2 Å². The van der Waals surface area contributed by atoms with Crippen molar-refractivity contribution in [2.75, 3.05) is 19.8 Å². The van der Waals surface area contributed by atoms with Gasteiger partial charge in [-0.2, -0.15) is 0 Å². The van der Waals surface area contributed by atoms with Crippen molar-refractivity contribution in [2.24, 2.45) is 0 Å². The summed E-state index contributed by atoms with van der Waals surface area (Å²) < 4.78 is 28.0. The van der Waals surface area contributed by atoms with E-state index in [4.69, 9.17) is 23.4 Å². The lowest BCUT2D eigenvalue weighted by Crippen LogP contribution is -2.62. The first kappa shape index (κ1) is 28.2. The molecule has 2 fully saturated rings. The maximum absolute atomic E-state index is 12.8. The number of phenolic OH excluding ortho intramolecular Hbond substituents is 2. The third kappa shape index (κ3) is 5.12. The van der Waals surface area contributed by atoms with Crippen LogP contribution in [-0.2, 0) is 14.2 Å². The molecule has 3 aromatic rings. The zero-order chi connectivity index (χ0) is 28.8. The molecule has 0 amide bonds. The number of hydrogen-bond donors (Lipinski definition) is 8. The standard InChI is InChI=1S/C26H28O14/c27-8-18-20(32)21(33)22(40-25-23(34)26(35,9-28)10-36-25)24(39-18)37-13-5-14(30)19-15(31)7-16(38-17(19)6-13)11-1-3-12(29)4-2-11/h1-7,18,20-25,27-30,32-35H,8-10H2/t18?,20-,21+,22?,23?,24-,25+,26+/m1/s1. The summed E-state index contributed by atoms with van der Waals surface area (Å²) in [6, 6.07) is 9.37. The first-order valence-electron chi connectivity index (χ1n) is 12.2. The van der Waals surface area contributed by atoms with Crippen LogP contribution in [0.4, 0.5) is 0 Å². The number of rotatable bonds is 7. The first-order valence-corrected chi connectivity index (χ1v) is 12.2. The van der Waals surface area contributed by atoms with Gasteiger partial charge >= 0.3 is 0 Å². The van der Waals surface area contributed by atoms with Gasteiger partial charge in [-0.3, -0.25) is 4.79 Å². The van der Waals surface area contributed by atoms with Gasteiger partial charge in [-0.05, 0) is 24.3 Å². The normalized spacial score (nSPS) is 32.4. The topological polar surface area (TPSA) is 229 Å². The van der Waals surface area contributed by atoms with Crippen LogP contribution in [-0.4, -0.2) is 109 Å². The van der Waals surface area contributed by atoms with Crippen molar-refractivity contribution in [3.8, 4) is 28.6 Å². The highest BCUT2D eigenvalue weighted by atomic mass is 16.8. The van der Waals surface area contributed by atoms with E-state index in [1.165, 1.54) is 36.4 Å². The molecule has 40 heavy (non-hydrogen) atoms. The predicted molar refractivity (Wildman–Crippen MR) is 132 cm³/mol. The Labute approximate surface area is 225 Å². The maximum Gasteiger partial charge on any atom is 0.229 e. The SMILES string of the molecule is O=c1cc(-c2ccc(O)cc2)oc2cc(O[C@@H]3OC(CO)[C@@H](O)[C@H](O)C3O[C@@H]3OC[C@@](O)(CO)C3O)cc(O)c12. The molecule has 2 saturated heterocycles. The lowest BCUT2D eigenvalue weighted by molar-refractivity contribution is -0.318. The maximum atomic E-state index is 12.8. The minimum Gasteiger partial charge on any atom is -0.508 e. The second-order valence-electron chi connectivity index (χ2n) is 9.65. The summed E-state index contributed by atoms with van der Waals surface area (Å²) in [5, 5.41) is 80.7. The molecule has 0 radical (unpaired) electrons. The molecule has 2 aromatic carbocycles. The summed E-state index contributed by atoms with van der Waals surface area (Å²) in [7, 11) is 0. The van der Waals surface area contributed by atoms with Crippen LogP contribution in [0.1, 0.15) is 0 Å². The second-order valence-corrected chi connectivity index (χ2v) is 9.65. The van der Waals surface area contributed by atoms with Crippen molar-refractivity contribution in [3.63, 3.8) is 0 Å². The average molecular weight is 564 g/mol. The van der Waals surface area contributed by atoms with Gasteiger partial charge in [0, 0.05) is 23.8 Å². The molecular formula is C26H28O14. The average Bonchev–Trinajstić information content (AvgIpc) is 3.21. The van der Waals surface area contributed by atoms with Gasteiger partial charge in [0.15, 0.2) is 17.8 Å². The zero-order valence-corrected chi connectivity index (χ0v) is 20.7. The van der Waals surface area contributed by atoms with Crippen molar-refractivity contribution in [2.45, 2.75) is 48.7 Å². The van der Waals surface area contributed by atoms with Crippen LogP contribution in [0.25, 0.3) is 22.3 Å². The Hall–Kier alpha value is -3.31. The van der Waals surface area contributed by atoms with E-state index < -0.39 is 79.7 Å². The molecule has 3 unspecified atom stereocenters. The lowest BCUT2D eigenvalue weighted by Gasteiger charge is -2.42. The van der Waals surface area contributed by atoms with Gasteiger partial charge in [-0.1, -0.05) is 0 Å². The Bertz CT molecular complexity index is 1410. The molecule has 0 spiro atoms. The van der Waals surface area contributed by atoms with E-state index in [9.17, 15) is 45.6 Å². The fraction of sp³-hybridized carbons (Fsp3) is 0.423. The molecule has 5 rings (SSSR count). The van der Waals surface area contributed by atoms with Crippen LogP contribution < -0.4 is 10.2 Å². The monoisotopic (exact) mass is 564 g/mol. The second kappa shape index (κ2) is 10.9. The van der Waals surface area contributed by atoms with E-state index in [0.29, 0.717) is 5.56 Å². The highest BCUT2D eigenvalue weighted by Crippen LogP contribution is 2.35. The van der Waals surface area contributed by atoms with Crippen LogP contribution in [0.15, 0.2) is 51.7 Å². The lowest BCUT2D eigenvalue weighted by atomic mass is 9.98. The molecule has 0 aliphatic carbocycles. The predicted octanol–water partition coefficient (Wildman–Crippen LogP) is -1.49. The van der Waals surface area contributed by atoms with E-state index >= 15 is 0 Å². The van der Waals surface area contributed by atoms with E-state index in [2.05, 4.69) is 0 Å². The Morgan fingerprint density at radius 1 is 0.975 bits per heavy atom. The largest absolute Gasteiger partial charge is 0.508 e. The van der Waals surface area contributed by atoms with Crippen molar-refractivity contribution in [1.29, 1.82) is 0 Å². The summed E-state index contributed by atoms with van der Waals surface area (Å²) in [4.78, 5) is 12.8. The molecule has 1 aromatic heterocycles. The molecule has 3 heterocycles. The summed E-state index contributed by atoms with van der Waals surface area (Å²) in [6.45, 7) is -2.06. The summed E-state index contributed by atoms with van der Waals surface area (Å²) in [6.07, 6.45) is -11.2. The molecule has 0 bridgehead atoms. The Morgan fingerprint density at radius 2 is 1.70 bits per heavy atom. The number of benzene rings is 2. The molecule has 0 saturated carbocycles. The van der Waals surface area contributed by atoms with Crippen LogP contribution in [0.2, 0.25) is 0 Å². The van der Waals surface area contributed by atoms with Gasteiger partial charge < -0.3 is 64.2 Å². The molecule has 14 heteroatoms. The highest BCUT2D eigenvalue weighted by Gasteiger charge is 2.53. The highest BCUT2D eigenvalue weighted by molar-refractivity contribution is 5.86. The zero-order valence-electron chi connectivity index (χ0n) is 20.7. The third-order valence-corrected chi connectivity index (χ3v) is 6.88. The van der Waals surface area contributed by atoms with E-state index in [1.54, 1.807) is 0 Å². The van der Waals surface area contributed by atoms with E-state index in [-0.39, 0.29) is 28.2 Å². The van der Waals surface area contributed by atoms with Gasteiger partial charge in [0.25, 0.3) is 0 Å². The van der Waals surface area contributed by atoms with Crippen LogP contribution in [0, 0.1) is 0 Å². The number of aromatic hydroxyl groups is 2. The molecule has 2 aliphatic heterocycles. The Morgan fingerprint density at radius 3 is 2.35 bits per heavy atom. The summed E-state index contributed by atoms with van der Waals surface area (Å²) in [5.41, 5.74) is -2.22. The minimum absolute atomic E-state index is 0.00882. The molecule has 2 aliphatic rings. The number of aliphatic hydroxyl groups excluding tert-OH is 5. The summed E-state index contributed by atoms with van der Waals surface area (Å²) in [5.74, 6) is -0.496. The van der Waals surface area contributed by atoms with E-state index in [1.807, 2.05) is 0 Å². The van der Waals surface area contributed by atoms with Crippen molar-refractivity contribution in [1.82, 2.24) is 0 Å². The first-order chi connectivity index (χ1) is 19.0. The van der Waals surface area contributed by atoms with Crippen LogP contribution in [0.5, 0.6) is 17.2 Å². The molecular weight excluding hydrogens is 536 g/mol. The molecule has 8 N–H and O–H groups in total. The van der Waals surface area contributed by atoms with Crippen molar-refractivity contribution in [3.05, 3.63) is 52.7 Å². The number of hydrogen-bond acceptors (Lipinski definition) is 14. The fourth-order valence-corrected chi connectivity index (χ4v) is 4.57. The number of phenols is 2. The molecule has 8 atom stereocenters. The quantitative estimate of drug-likeness (QED) is 0.164. The third-order valence-electron chi connectivity index (χ3n) is 6.88.